The molecule has 6 nitrogen and oxygen atoms in total. The minimum Gasteiger partial charge on any atom is -0.477 e. The number of hydrogen-bond donors (Lipinski definition) is 2. The van der Waals surface area contributed by atoms with E-state index >= 15 is 0 Å². The van der Waals surface area contributed by atoms with Crippen molar-refractivity contribution in [2.75, 3.05) is 0 Å². The fourth-order valence-electron chi connectivity index (χ4n) is 1.08. The number of hydrogen-bond acceptors (Lipinski definition) is 4. The van der Waals surface area contributed by atoms with Gasteiger partial charge in [-0.15, -0.1) is 11.3 Å². The van der Waals surface area contributed by atoms with Gasteiger partial charge in [-0.3, -0.25) is 0 Å². The Kier molecular flexibility index (Phi) is 1.74. The van der Waals surface area contributed by atoms with Crippen LogP contribution in [0.4, 0.5) is 4.79 Å². The van der Waals surface area contributed by atoms with Gasteiger partial charge in [0, 0.05) is 0 Å². The number of carboxylic acids is 1. The number of rotatable bonds is 1. The minimum atomic E-state index is -1.23. The van der Waals surface area contributed by atoms with Gasteiger partial charge in [-0.1, -0.05) is 0 Å². The molecule has 0 spiro atoms. The lowest BCUT2D eigenvalue weighted by atomic mass is 10.4. The molecular weight excluding hydrogens is 208 g/mol. The zero-order valence-electron chi connectivity index (χ0n) is 6.67. The van der Waals surface area contributed by atoms with Gasteiger partial charge in [0.05, 0.1) is 16.4 Å². The lowest BCUT2D eigenvalue weighted by molar-refractivity contribution is 0.0702. The third-order valence-electron chi connectivity index (χ3n) is 1.65. The van der Waals surface area contributed by atoms with Crippen LogP contribution in [-0.2, 0) is 0 Å². The van der Waals surface area contributed by atoms with Crippen LogP contribution in [-0.4, -0.2) is 32.1 Å². The highest BCUT2D eigenvalue weighted by atomic mass is 32.1. The Morgan fingerprint density at radius 2 is 2.14 bits per heavy atom. The molecule has 72 valence electrons. The maximum atomic E-state index is 10.6. The summed E-state index contributed by atoms with van der Waals surface area (Å²) in [5.41, 5.74) is 0.305. The molecule has 2 heterocycles. The van der Waals surface area contributed by atoms with Gasteiger partial charge in [0.2, 0.25) is 0 Å². The molecule has 0 aliphatic rings. The van der Waals surface area contributed by atoms with Gasteiger partial charge >= 0.3 is 12.1 Å². The zero-order chi connectivity index (χ0) is 10.3. The van der Waals surface area contributed by atoms with Crippen LogP contribution in [0.15, 0.2) is 12.3 Å². The first-order valence-electron chi connectivity index (χ1n) is 3.54. The number of carboxylic acid groups (broad SMARTS) is 2. The summed E-state index contributed by atoms with van der Waals surface area (Å²) >= 11 is 0.997. The molecule has 0 aromatic carbocycles. The Bertz CT molecular complexity index is 527. The van der Waals surface area contributed by atoms with E-state index in [4.69, 9.17) is 10.2 Å². The van der Waals surface area contributed by atoms with Crippen molar-refractivity contribution in [1.82, 2.24) is 9.78 Å². The summed E-state index contributed by atoms with van der Waals surface area (Å²) < 4.78 is 1.29. The largest absolute Gasteiger partial charge is 0.477 e. The molecule has 2 rings (SSSR count). The van der Waals surface area contributed by atoms with Crippen molar-refractivity contribution in [2.45, 2.75) is 0 Å². The quantitative estimate of drug-likeness (QED) is 0.743. The summed E-state index contributed by atoms with van der Waals surface area (Å²) in [6.07, 6.45) is 0.107. The molecule has 0 unspecified atom stereocenters. The molecule has 0 bridgehead atoms. The molecule has 2 aromatic heterocycles. The van der Waals surface area contributed by atoms with Gasteiger partial charge in [0.15, 0.2) is 0 Å². The second-order valence-corrected chi connectivity index (χ2v) is 3.59. The lowest BCUT2D eigenvalue weighted by Gasteiger charge is -1.90. The highest BCUT2D eigenvalue weighted by Gasteiger charge is 2.15. The molecule has 0 aliphatic heterocycles. The van der Waals surface area contributed by atoms with E-state index in [0.29, 0.717) is 10.2 Å². The van der Waals surface area contributed by atoms with Crippen molar-refractivity contribution in [3.63, 3.8) is 0 Å². The minimum absolute atomic E-state index is 0.104. The van der Waals surface area contributed by atoms with Gasteiger partial charge in [0.25, 0.3) is 0 Å². The molecule has 2 aromatic rings. The SMILES string of the molecule is O=C(O)c1cc2c(cnn2C(=O)O)s1. The van der Waals surface area contributed by atoms with Crippen molar-refractivity contribution < 1.29 is 19.8 Å². The van der Waals surface area contributed by atoms with Crippen molar-refractivity contribution in [3.8, 4) is 0 Å². The molecule has 0 saturated carbocycles. The number of aromatic nitrogens is 2. The molecule has 2 N–H and O–H groups in total. The molecule has 14 heavy (non-hydrogen) atoms. The summed E-state index contributed by atoms with van der Waals surface area (Å²) in [6.45, 7) is 0. The van der Waals surface area contributed by atoms with E-state index in [0.717, 1.165) is 16.0 Å². The first kappa shape index (κ1) is 8.70. The Hall–Kier alpha value is -1.89. The van der Waals surface area contributed by atoms with E-state index in [9.17, 15) is 9.59 Å². The zero-order valence-corrected chi connectivity index (χ0v) is 7.48. The molecule has 7 heteroatoms. The average molecular weight is 212 g/mol. The van der Waals surface area contributed by atoms with Gasteiger partial charge in [0.1, 0.15) is 4.88 Å². The molecule has 0 saturated heterocycles. The van der Waals surface area contributed by atoms with Crippen LogP contribution >= 0.6 is 11.3 Å². The summed E-state index contributed by atoms with van der Waals surface area (Å²) in [5.74, 6) is -1.07. The van der Waals surface area contributed by atoms with Crippen LogP contribution in [0.5, 0.6) is 0 Å². The Balaban J connectivity index is 2.67. The Labute approximate surface area is 81.0 Å². The predicted molar refractivity (Wildman–Crippen MR) is 48.0 cm³/mol. The highest BCUT2D eigenvalue weighted by Crippen LogP contribution is 2.25. The molecular formula is C7H4N2O4S. The number of carbonyl (C=O) groups is 2. The standard InChI is InChI=1S/C7H4N2O4S/c10-6(11)4-1-3-5(14-4)2-8-9(3)7(12)13/h1-2H,(H,10,11)(H,12,13). The third kappa shape index (κ3) is 1.14. The molecule has 0 radical (unpaired) electrons. The maximum Gasteiger partial charge on any atom is 0.432 e. The third-order valence-corrected chi connectivity index (χ3v) is 2.70. The van der Waals surface area contributed by atoms with Crippen LogP contribution in [0, 0.1) is 0 Å². The predicted octanol–water partition coefficient (Wildman–Crippen LogP) is 1.32. The number of aromatic carboxylic acids is 1. The van der Waals surface area contributed by atoms with Crippen LogP contribution in [0.1, 0.15) is 9.67 Å². The van der Waals surface area contributed by atoms with Crippen LogP contribution in [0.25, 0.3) is 10.2 Å². The van der Waals surface area contributed by atoms with Crippen molar-refractivity contribution in [2.24, 2.45) is 0 Å². The summed E-state index contributed by atoms with van der Waals surface area (Å²) in [6, 6.07) is 1.30. The monoisotopic (exact) mass is 212 g/mol. The Morgan fingerprint density at radius 3 is 2.71 bits per heavy atom. The molecule has 0 fully saturated rings. The van der Waals surface area contributed by atoms with Crippen molar-refractivity contribution in [1.29, 1.82) is 0 Å². The summed E-state index contributed by atoms with van der Waals surface area (Å²) in [4.78, 5) is 21.3. The first-order valence-corrected chi connectivity index (χ1v) is 4.35. The summed E-state index contributed by atoms with van der Waals surface area (Å²) in [7, 11) is 0. The lowest BCUT2D eigenvalue weighted by Crippen LogP contribution is -2.08. The highest BCUT2D eigenvalue weighted by molar-refractivity contribution is 7.20. The van der Waals surface area contributed by atoms with E-state index in [1.54, 1.807) is 0 Å². The molecule has 0 amide bonds. The number of nitrogens with zero attached hydrogens (tertiary/aromatic N) is 2. The maximum absolute atomic E-state index is 10.6. The van der Waals surface area contributed by atoms with E-state index < -0.39 is 12.1 Å². The van der Waals surface area contributed by atoms with Crippen LogP contribution in [0.3, 0.4) is 0 Å². The van der Waals surface area contributed by atoms with Gasteiger partial charge in [-0.2, -0.15) is 9.78 Å². The Morgan fingerprint density at radius 1 is 1.43 bits per heavy atom. The smallest absolute Gasteiger partial charge is 0.432 e. The fraction of sp³-hybridized carbons (Fsp3) is 0. The second-order valence-electron chi connectivity index (χ2n) is 2.50. The van der Waals surface area contributed by atoms with Gasteiger partial charge in [-0.25, -0.2) is 9.59 Å². The fourth-order valence-corrected chi connectivity index (χ4v) is 1.93. The topological polar surface area (TPSA) is 92.4 Å². The van der Waals surface area contributed by atoms with E-state index in [2.05, 4.69) is 5.10 Å². The van der Waals surface area contributed by atoms with Crippen LogP contribution < -0.4 is 0 Å². The first-order chi connectivity index (χ1) is 6.59. The van der Waals surface area contributed by atoms with E-state index in [-0.39, 0.29) is 4.88 Å². The number of fused-ring (bicyclic) bond motifs is 1. The molecule has 0 atom stereocenters. The average Bonchev–Trinajstić information content (AvgIpc) is 2.58. The van der Waals surface area contributed by atoms with E-state index in [1.807, 2.05) is 0 Å². The normalized spacial score (nSPS) is 10.6. The van der Waals surface area contributed by atoms with Crippen molar-refractivity contribution >= 4 is 33.6 Å². The van der Waals surface area contributed by atoms with Crippen LogP contribution in [0.2, 0.25) is 0 Å². The summed E-state index contributed by atoms with van der Waals surface area (Å²) in [5, 5.41) is 20.9. The molecule has 0 aliphatic carbocycles. The number of thiophene rings is 1. The van der Waals surface area contributed by atoms with Crippen molar-refractivity contribution in [3.05, 3.63) is 17.1 Å². The van der Waals surface area contributed by atoms with E-state index in [1.165, 1.54) is 12.3 Å². The van der Waals surface area contributed by atoms with Gasteiger partial charge < -0.3 is 10.2 Å². The van der Waals surface area contributed by atoms with Gasteiger partial charge in [-0.05, 0) is 6.07 Å². The second kappa shape index (κ2) is 2.81.